The minimum Gasteiger partial charge on any atom is -0.289 e. The molecule has 4 nitrogen and oxygen atoms in total. The van der Waals surface area contributed by atoms with Gasteiger partial charge in [-0.25, -0.2) is 0 Å². The molecule has 0 radical (unpaired) electrons. The third-order valence-electron chi connectivity index (χ3n) is 3.06. The van der Waals surface area contributed by atoms with Crippen molar-refractivity contribution < 1.29 is 0 Å². The lowest BCUT2D eigenvalue weighted by molar-refractivity contribution is 1.23. The lowest BCUT2D eigenvalue weighted by Gasteiger charge is -1.95. The highest BCUT2D eigenvalue weighted by molar-refractivity contribution is 5.90. The van der Waals surface area contributed by atoms with Crippen LogP contribution in [0.3, 0.4) is 0 Å². The number of aromatic amines is 1. The average Bonchev–Trinajstić information content (AvgIpc) is 2.45. The van der Waals surface area contributed by atoms with Gasteiger partial charge in [0.15, 0.2) is 5.43 Å². The molecular formula is C15H9NO3. The molecule has 1 aromatic heterocycles. The van der Waals surface area contributed by atoms with Crippen LogP contribution in [0, 0.1) is 0 Å². The number of aromatic nitrogens is 1. The lowest BCUT2D eigenvalue weighted by Crippen LogP contribution is -2.19. The fourth-order valence-electron chi connectivity index (χ4n) is 2.14. The van der Waals surface area contributed by atoms with E-state index in [1.165, 1.54) is 12.1 Å². The molecule has 92 valence electrons. The Kier molecular flexibility index (Phi) is 2.49. The van der Waals surface area contributed by atoms with Crippen molar-refractivity contribution >= 4 is 21.5 Å². The molecule has 0 unspecified atom stereocenters. The van der Waals surface area contributed by atoms with Crippen LogP contribution in [0.4, 0.5) is 0 Å². The van der Waals surface area contributed by atoms with Crippen molar-refractivity contribution in [2.24, 2.45) is 0 Å². The van der Waals surface area contributed by atoms with Gasteiger partial charge in [-0.15, -0.1) is 0 Å². The zero-order valence-corrected chi connectivity index (χ0v) is 9.84. The number of H-pyrrole nitrogens is 1. The Morgan fingerprint density at radius 2 is 0.947 bits per heavy atom. The third kappa shape index (κ3) is 1.74. The van der Waals surface area contributed by atoms with Crippen molar-refractivity contribution in [3.8, 4) is 0 Å². The first kappa shape index (κ1) is 11.3. The van der Waals surface area contributed by atoms with Crippen LogP contribution >= 0.6 is 0 Å². The Hall–Kier alpha value is -2.75. The molecule has 2 aromatic carbocycles. The molecular weight excluding hydrogens is 242 g/mol. The second-order valence-corrected chi connectivity index (χ2v) is 4.20. The van der Waals surface area contributed by atoms with E-state index in [4.69, 9.17) is 0 Å². The van der Waals surface area contributed by atoms with E-state index in [2.05, 4.69) is 4.98 Å². The quantitative estimate of drug-likeness (QED) is 0.656. The zero-order chi connectivity index (χ0) is 13.4. The molecule has 0 amide bonds. The van der Waals surface area contributed by atoms with Gasteiger partial charge in [-0.3, -0.25) is 19.4 Å². The average molecular weight is 251 g/mol. The molecule has 4 heteroatoms. The van der Waals surface area contributed by atoms with Gasteiger partial charge in [0.1, 0.15) is 0 Å². The summed E-state index contributed by atoms with van der Waals surface area (Å²) in [4.78, 5) is 38.6. The number of rotatable bonds is 0. The molecule has 0 atom stereocenters. The van der Waals surface area contributed by atoms with Gasteiger partial charge in [0.05, 0.1) is 10.8 Å². The molecule has 0 saturated carbocycles. The van der Waals surface area contributed by atoms with E-state index in [-0.39, 0.29) is 16.2 Å². The van der Waals surface area contributed by atoms with Gasteiger partial charge in [-0.2, -0.15) is 0 Å². The minimum atomic E-state index is -0.552. The molecule has 19 heavy (non-hydrogen) atoms. The maximum Gasteiger partial charge on any atom is 0.258 e. The van der Waals surface area contributed by atoms with Gasteiger partial charge in [-0.1, -0.05) is 36.4 Å². The summed E-state index contributed by atoms with van der Waals surface area (Å²) in [6, 6.07) is 12.9. The molecule has 1 N–H and O–H groups in total. The predicted octanol–water partition coefficient (Wildman–Crippen LogP) is 1.40. The van der Waals surface area contributed by atoms with Gasteiger partial charge < -0.3 is 0 Å². The largest absolute Gasteiger partial charge is 0.289 e. The normalized spacial score (nSPS) is 10.7. The number of benzene rings is 2. The standard InChI is InChI=1S/C15H9NO3/c17-13-9-5-1-3-7-11(9)14(18)16-15(19)12-8-4-2-6-10(12)13/h1-8H,(H,16,18,19). The number of hydrogen-bond acceptors (Lipinski definition) is 3. The van der Waals surface area contributed by atoms with E-state index < -0.39 is 11.1 Å². The van der Waals surface area contributed by atoms with Crippen LogP contribution in [0.15, 0.2) is 62.9 Å². The molecule has 0 spiro atoms. The van der Waals surface area contributed by atoms with Crippen molar-refractivity contribution in [1.29, 1.82) is 0 Å². The molecule has 0 bridgehead atoms. The summed E-state index contributed by atoms with van der Waals surface area (Å²) in [7, 11) is 0. The molecule has 0 fully saturated rings. The van der Waals surface area contributed by atoms with Crippen LogP contribution in [0.5, 0.6) is 0 Å². The Labute approximate surface area is 107 Å². The highest BCUT2D eigenvalue weighted by Crippen LogP contribution is 2.07. The van der Waals surface area contributed by atoms with Gasteiger partial charge in [0.2, 0.25) is 0 Å². The number of nitrogens with one attached hydrogen (secondary N) is 1. The van der Waals surface area contributed by atoms with Gasteiger partial charge in [0, 0.05) is 10.8 Å². The summed E-state index contributed by atoms with van der Waals surface area (Å²) < 4.78 is 0. The number of hydrogen-bond donors (Lipinski definition) is 1. The van der Waals surface area contributed by atoms with E-state index in [1.807, 2.05) is 0 Å². The third-order valence-corrected chi connectivity index (χ3v) is 3.06. The summed E-state index contributed by atoms with van der Waals surface area (Å²) in [5, 5.41) is 1.05. The minimum absolute atomic E-state index is 0.218. The smallest absolute Gasteiger partial charge is 0.258 e. The Bertz CT molecular complexity index is 898. The zero-order valence-electron chi connectivity index (χ0n) is 9.84. The predicted molar refractivity (Wildman–Crippen MR) is 74.6 cm³/mol. The van der Waals surface area contributed by atoms with Crippen molar-refractivity contribution in [2.45, 2.75) is 0 Å². The van der Waals surface area contributed by atoms with Crippen molar-refractivity contribution in [2.75, 3.05) is 0 Å². The summed E-state index contributed by atoms with van der Waals surface area (Å²) in [5.41, 5.74) is -1.42. The van der Waals surface area contributed by atoms with Gasteiger partial charge in [0.25, 0.3) is 11.1 Å². The summed E-state index contributed by atoms with van der Waals surface area (Å²) >= 11 is 0. The van der Waals surface area contributed by atoms with E-state index >= 15 is 0 Å². The Morgan fingerprint density at radius 1 is 0.579 bits per heavy atom. The van der Waals surface area contributed by atoms with Crippen LogP contribution in [-0.2, 0) is 0 Å². The van der Waals surface area contributed by atoms with Crippen molar-refractivity contribution in [3.63, 3.8) is 0 Å². The molecule has 3 aromatic rings. The molecule has 0 saturated heterocycles. The number of fused-ring (bicyclic) bond motifs is 2. The first-order chi connectivity index (χ1) is 9.18. The molecule has 3 rings (SSSR count). The van der Waals surface area contributed by atoms with Crippen LogP contribution in [0.2, 0.25) is 0 Å². The molecule has 1 heterocycles. The fourth-order valence-corrected chi connectivity index (χ4v) is 2.14. The van der Waals surface area contributed by atoms with Crippen molar-refractivity contribution in [1.82, 2.24) is 4.98 Å². The van der Waals surface area contributed by atoms with Crippen LogP contribution in [0.1, 0.15) is 0 Å². The molecule has 0 aliphatic rings. The first-order valence-electron chi connectivity index (χ1n) is 5.77. The molecule has 0 aliphatic carbocycles. The Morgan fingerprint density at radius 3 is 1.37 bits per heavy atom. The second-order valence-electron chi connectivity index (χ2n) is 4.20. The maximum atomic E-state index is 12.4. The van der Waals surface area contributed by atoms with Gasteiger partial charge >= 0.3 is 0 Å². The first-order valence-corrected chi connectivity index (χ1v) is 5.77. The molecule has 0 aliphatic heterocycles. The van der Waals surface area contributed by atoms with Gasteiger partial charge in [-0.05, 0) is 12.1 Å². The SMILES string of the molecule is O=c1[nH]c(=O)c2ccccc2c(=O)c2ccccc12. The monoisotopic (exact) mass is 251 g/mol. The highest BCUT2D eigenvalue weighted by atomic mass is 16.2. The summed E-state index contributed by atoms with van der Waals surface area (Å²) in [6.45, 7) is 0. The second kappa shape index (κ2) is 4.17. The fraction of sp³-hybridized carbons (Fsp3) is 0. The summed E-state index contributed by atoms with van der Waals surface area (Å²) in [5.74, 6) is 0. The van der Waals surface area contributed by atoms with E-state index in [0.29, 0.717) is 10.8 Å². The highest BCUT2D eigenvalue weighted by Gasteiger charge is 2.05. The summed E-state index contributed by atoms with van der Waals surface area (Å²) in [6.07, 6.45) is 0. The Balaban J connectivity index is 2.82. The van der Waals surface area contributed by atoms with Crippen molar-refractivity contribution in [3.05, 3.63) is 79.5 Å². The maximum absolute atomic E-state index is 12.4. The van der Waals surface area contributed by atoms with Crippen LogP contribution in [0.25, 0.3) is 21.5 Å². The lowest BCUT2D eigenvalue weighted by atomic mass is 10.1. The van der Waals surface area contributed by atoms with Crippen LogP contribution in [-0.4, -0.2) is 4.98 Å². The topological polar surface area (TPSA) is 67.0 Å². The van der Waals surface area contributed by atoms with E-state index in [9.17, 15) is 14.4 Å². The van der Waals surface area contributed by atoms with E-state index in [0.717, 1.165) is 0 Å². The van der Waals surface area contributed by atoms with Crippen LogP contribution < -0.4 is 16.5 Å². The van der Waals surface area contributed by atoms with E-state index in [1.54, 1.807) is 36.4 Å².